The van der Waals surface area contributed by atoms with E-state index in [1.54, 1.807) is 26.1 Å². The van der Waals surface area contributed by atoms with Gasteiger partial charge in [0.15, 0.2) is 5.75 Å². The molecule has 0 radical (unpaired) electrons. The van der Waals surface area contributed by atoms with E-state index in [1.807, 2.05) is 11.8 Å². The first-order chi connectivity index (χ1) is 11.5. The van der Waals surface area contributed by atoms with Crippen molar-refractivity contribution in [2.45, 2.75) is 40.0 Å². The molecule has 0 saturated carbocycles. The molecule has 24 heavy (non-hydrogen) atoms. The lowest BCUT2D eigenvalue weighted by Gasteiger charge is -2.31. The quantitative estimate of drug-likeness (QED) is 0.748. The zero-order chi connectivity index (χ0) is 17.5. The summed E-state index contributed by atoms with van der Waals surface area (Å²) in [5.74, 6) is 0.695. The van der Waals surface area contributed by atoms with Crippen molar-refractivity contribution in [1.82, 2.24) is 9.88 Å². The molecular formula is C18H26N2O4. The van der Waals surface area contributed by atoms with Crippen LogP contribution in [0.1, 0.15) is 49.7 Å². The van der Waals surface area contributed by atoms with Crippen molar-refractivity contribution in [1.29, 1.82) is 0 Å². The molecule has 1 amide bonds. The van der Waals surface area contributed by atoms with Gasteiger partial charge in [-0.05, 0) is 45.1 Å². The monoisotopic (exact) mass is 334 g/mol. The number of hydrogen-bond acceptors (Lipinski definition) is 5. The molecule has 0 bridgehead atoms. The molecule has 1 aliphatic heterocycles. The summed E-state index contributed by atoms with van der Waals surface area (Å²) >= 11 is 0. The largest absolute Gasteiger partial charge is 0.491 e. The van der Waals surface area contributed by atoms with Crippen LogP contribution in [0.3, 0.4) is 0 Å². The summed E-state index contributed by atoms with van der Waals surface area (Å²) in [5, 5.41) is 0. The highest BCUT2D eigenvalue weighted by Gasteiger charge is 2.22. The van der Waals surface area contributed by atoms with Crippen molar-refractivity contribution in [3.8, 4) is 5.75 Å². The van der Waals surface area contributed by atoms with Gasteiger partial charge < -0.3 is 14.4 Å². The Balaban J connectivity index is 2.06. The van der Waals surface area contributed by atoms with Crippen molar-refractivity contribution >= 4 is 11.9 Å². The van der Waals surface area contributed by atoms with Gasteiger partial charge in [0.2, 0.25) is 5.91 Å². The van der Waals surface area contributed by atoms with Crippen LogP contribution < -0.4 is 4.74 Å². The molecular weight excluding hydrogens is 308 g/mol. The molecule has 1 aliphatic rings. The molecule has 0 unspecified atom stereocenters. The predicted octanol–water partition coefficient (Wildman–Crippen LogP) is 2.46. The first-order valence-electron chi connectivity index (χ1n) is 8.59. The zero-order valence-electron chi connectivity index (χ0n) is 14.7. The van der Waals surface area contributed by atoms with Gasteiger partial charge in [-0.2, -0.15) is 0 Å². The van der Waals surface area contributed by atoms with Gasteiger partial charge in [-0.25, -0.2) is 4.79 Å². The Labute approximate surface area is 143 Å². The van der Waals surface area contributed by atoms with Crippen molar-refractivity contribution in [2.24, 2.45) is 5.92 Å². The summed E-state index contributed by atoms with van der Waals surface area (Å²) in [6.45, 7) is 7.64. The number of nitrogens with zero attached hydrogens (tertiary/aromatic N) is 2. The second-order valence-corrected chi connectivity index (χ2v) is 5.98. The van der Waals surface area contributed by atoms with E-state index in [4.69, 9.17) is 9.47 Å². The molecule has 1 aromatic rings. The van der Waals surface area contributed by atoms with Crippen LogP contribution in [0.4, 0.5) is 0 Å². The Morgan fingerprint density at radius 1 is 1.25 bits per heavy atom. The Bertz CT molecular complexity index is 580. The third kappa shape index (κ3) is 4.69. The Kier molecular flexibility index (Phi) is 6.58. The van der Waals surface area contributed by atoms with Gasteiger partial charge in [0.25, 0.3) is 0 Å². The second kappa shape index (κ2) is 8.66. The van der Waals surface area contributed by atoms with E-state index in [-0.39, 0.29) is 11.9 Å². The number of likely N-dealkylation sites (tertiary alicyclic amines) is 1. The van der Waals surface area contributed by atoms with Crippen LogP contribution in [0, 0.1) is 5.92 Å². The van der Waals surface area contributed by atoms with Gasteiger partial charge in [-0.3, -0.25) is 9.78 Å². The molecule has 1 aromatic heterocycles. The van der Waals surface area contributed by atoms with Crippen LogP contribution in [0.25, 0.3) is 0 Å². The number of hydrogen-bond donors (Lipinski definition) is 0. The Hall–Kier alpha value is -2.11. The second-order valence-electron chi connectivity index (χ2n) is 5.98. The van der Waals surface area contributed by atoms with Crippen LogP contribution >= 0.6 is 0 Å². The highest BCUT2D eigenvalue weighted by atomic mass is 16.5. The summed E-state index contributed by atoms with van der Waals surface area (Å²) in [6.07, 6.45) is 4.33. The van der Waals surface area contributed by atoms with Gasteiger partial charge in [-0.1, -0.05) is 0 Å². The summed E-state index contributed by atoms with van der Waals surface area (Å²) in [5.41, 5.74) is 1.30. The Morgan fingerprint density at radius 2 is 1.96 bits per heavy atom. The highest BCUT2D eigenvalue weighted by molar-refractivity contribution is 5.92. The number of carbonyl (C=O) groups excluding carboxylic acids is 2. The first-order valence-corrected chi connectivity index (χ1v) is 8.59. The van der Waals surface area contributed by atoms with Gasteiger partial charge in [0.1, 0.15) is 5.56 Å². The van der Waals surface area contributed by atoms with Crippen LogP contribution in [-0.2, 0) is 16.0 Å². The molecule has 0 spiro atoms. The van der Waals surface area contributed by atoms with Crippen LogP contribution in [-0.4, -0.2) is 48.1 Å². The molecule has 0 atom stereocenters. The molecule has 1 fully saturated rings. The molecule has 0 N–H and O–H groups in total. The lowest BCUT2D eigenvalue weighted by molar-refractivity contribution is -0.130. The number of carbonyl (C=O) groups is 2. The fourth-order valence-electron chi connectivity index (χ4n) is 2.98. The normalized spacial score (nSPS) is 15.2. The van der Waals surface area contributed by atoms with Crippen molar-refractivity contribution in [3.63, 3.8) is 0 Å². The minimum absolute atomic E-state index is 0.136. The Morgan fingerprint density at radius 3 is 2.54 bits per heavy atom. The molecule has 6 heteroatoms. The maximum Gasteiger partial charge on any atom is 0.342 e. The summed E-state index contributed by atoms with van der Waals surface area (Å²) in [4.78, 5) is 29.8. The lowest BCUT2D eigenvalue weighted by atomic mass is 9.91. The maximum absolute atomic E-state index is 12.1. The topological polar surface area (TPSA) is 68.7 Å². The van der Waals surface area contributed by atoms with E-state index in [0.717, 1.165) is 38.0 Å². The summed E-state index contributed by atoms with van der Waals surface area (Å²) in [6, 6.07) is 1.78. The van der Waals surface area contributed by atoms with E-state index in [2.05, 4.69) is 4.98 Å². The minimum Gasteiger partial charge on any atom is -0.491 e. The van der Waals surface area contributed by atoms with E-state index >= 15 is 0 Å². The number of aromatic nitrogens is 1. The van der Waals surface area contributed by atoms with E-state index in [1.165, 1.54) is 0 Å². The van der Waals surface area contributed by atoms with E-state index in [0.29, 0.717) is 30.4 Å². The zero-order valence-corrected chi connectivity index (χ0v) is 14.7. The highest BCUT2D eigenvalue weighted by Crippen LogP contribution is 2.24. The van der Waals surface area contributed by atoms with E-state index < -0.39 is 0 Å². The smallest absolute Gasteiger partial charge is 0.342 e. The SMILES string of the molecule is CCOC(=O)c1cc(CC2CCN(C(C)=O)CC2)ncc1OCC. The molecule has 2 rings (SSSR count). The van der Waals surface area contributed by atoms with E-state index in [9.17, 15) is 9.59 Å². The van der Waals surface area contributed by atoms with Gasteiger partial charge >= 0.3 is 5.97 Å². The number of pyridine rings is 1. The summed E-state index contributed by atoms with van der Waals surface area (Å²) < 4.78 is 10.6. The molecule has 0 aromatic carbocycles. The number of piperidine rings is 1. The van der Waals surface area contributed by atoms with Crippen LogP contribution in [0.5, 0.6) is 5.75 Å². The number of amides is 1. The third-order valence-electron chi connectivity index (χ3n) is 4.28. The minimum atomic E-state index is -0.379. The van der Waals surface area contributed by atoms with Gasteiger partial charge in [-0.15, -0.1) is 0 Å². The lowest BCUT2D eigenvalue weighted by Crippen LogP contribution is -2.37. The molecule has 132 valence electrons. The van der Waals surface area contributed by atoms with Crippen molar-refractivity contribution in [3.05, 3.63) is 23.5 Å². The molecule has 6 nitrogen and oxygen atoms in total. The molecule has 0 aliphatic carbocycles. The van der Waals surface area contributed by atoms with Crippen LogP contribution in [0.2, 0.25) is 0 Å². The standard InChI is InChI=1S/C18H26N2O4/c1-4-23-17-12-19-15(11-16(17)18(22)24-5-2)10-14-6-8-20(9-7-14)13(3)21/h11-12,14H,4-10H2,1-3H3. The average molecular weight is 334 g/mol. The molecule has 2 heterocycles. The fraction of sp³-hybridized carbons (Fsp3) is 0.611. The number of ether oxygens (including phenoxy) is 2. The number of rotatable bonds is 6. The number of esters is 1. The predicted molar refractivity (Wildman–Crippen MR) is 90.0 cm³/mol. The third-order valence-corrected chi connectivity index (χ3v) is 4.28. The van der Waals surface area contributed by atoms with Crippen LogP contribution in [0.15, 0.2) is 12.3 Å². The first kappa shape index (κ1) is 18.2. The van der Waals surface area contributed by atoms with Crippen molar-refractivity contribution in [2.75, 3.05) is 26.3 Å². The van der Waals surface area contributed by atoms with Gasteiger partial charge in [0.05, 0.1) is 19.4 Å². The fourth-order valence-corrected chi connectivity index (χ4v) is 2.98. The maximum atomic E-state index is 12.1. The van der Waals surface area contributed by atoms with Gasteiger partial charge in [0, 0.05) is 25.7 Å². The average Bonchev–Trinajstić information content (AvgIpc) is 2.57. The van der Waals surface area contributed by atoms with Crippen molar-refractivity contribution < 1.29 is 19.1 Å². The summed E-state index contributed by atoms with van der Waals surface area (Å²) in [7, 11) is 0. The molecule has 1 saturated heterocycles.